The number of hydrogen-bond donors (Lipinski definition) is 0. The molecule has 1 amide bonds. The smallest absolute Gasteiger partial charge is 0.227 e. The maximum atomic E-state index is 13.3. The van der Waals surface area contributed by atoms with Crippen molar-refractivity contribution in [1.82, 2.24) is 4.90 Å². The van der Waals surface area contributed by atoms with Crippen molar-refractivity contribution in [2.75, 3.05) is 20.2 Å². The highest BCUT2D eigenvalue weighted by Gasteiger charge is 2.15. The maximum absolute atomic E-state index is 13.3. The Morgan fingerprint density at radius 2 is 1.89 bits per heavy atom. The first-order valence-corrected chi connectivity index (χ1v) is 6.72. The molecule has 0 aromatic heterocycles. The van der Waals surface area contributed by atoms with Gasteiger partial charge in [-0.25, -0.2) is 4.39 Å². The number of hydrogen-bond acceptors (Lipinski definition) is 2. The van der Waals surface area contributed by atoms with Crippen LogP contribution >= 0.6 is 0 Å². The molecule has 0 fully saturated rings. The van der Waals surface area contributed by atoms with Crippen molar-refractivity contribution in [2.24, 2.45) is 0 Å². The van der Waals surface area contributed by atoms with Gasteiger partial charge >= 0.3 is 0 Å². The minimum atomic E-state index is -0.346. The van der Waals surface area contributed by atoms with Gasteiger partial charge in [0.2, 0.25) is 5.91 Å². The summed E-state index contributed by atoms with van der Waals surface area (Å²) in [4.78, 5) is 14.0. The SMILES string of the molecule is CCCN(CCC)C(=O)Cc1cc(F)ccc1OC. The number of benzene rings is 1. The third-order valence-corrected chi connectivity index (χ3v) is 2.92. The van der Waals surface area contributed by atoms with Gasteiger partial charge in [-0.2, -0.15) is 0 Å². The van der Waals surface area contributed by atoms with Crippen molar-refractivity contribution in [1.29, 1.82) is 0 Å². The molecule has 19 heavy (non-hydrogen) atoms. The van der Waals surface area contributed by atoms with Gasteiger partial charge in [0.05, 0.1) is 13.5 Å². The molecule has 0 heterocycles. The van der Waals surface area contributed by atoms with Gasteiger partial charge in [0, 0.05) is 18.7 Å². The summed E-state index contributed by atoms with van der Waals surface area (Å²) in [7, 11) is 1.52. The van der Waals surface area contributed by atoms with E-state index < -0.39 is 0 Å². The van der Waals surface area contributed by atoms with E-state index in [1.807, 2.05) is 18.7 Å². The quantitative estimate of drug-likeness (QED) is 0.760. The number of halogens is 1. The number of carbonyl (C=O) groups excluding carboxylic acids is 1. The normalized spacial score (nSPS) is 10.3. The molecule has 0 atom stereocenters. The first kappa shape index (κ1) is 15.5. The molecule has 0 aliphatic heterocycles. The molecule has 3 nitrogen and oxygen atoms in total. The monoisotopic (exact) mass is 267 g/mol. The van der Waals surface area contributed by atoms with Crippen LogP contribution in [0.2, 0.25) is 0 Å². The van der Waals surface area contributed by atoms with Crippen LogP contribution in [0.3, 0.4) is 0 Å². The van der Waals surface area contributed by atoms with Crippen molar-refractivity contribution in [2.45, 2.75) is 33.1 Å². The average Bonchev–Trinajstić information content (AvgIpc) is 2.38. The highest BCUT2D eigenvalue weighted by Crippen LogP contribution is 2.20. The van der Waals surface area contributed by atoms with Crippen molar-refractivity contribution in [3.05, 3.63) is 29.6 Å². The molecule has 0 saturated carbocycles. The predicted octanol–water partition coefficient (Wildman–Crippen LogP) is 3.03. The van der Waals surface area contributed by atoms with Crippen molar-refractivity contribution in [3.8, 4) is 5.75 Å². The summed E-state index contributed by atoms with van der Waals surface area (Å²) < 4.78 is 18.4. The minimum Gasteiger partial charge on any atom is -0.496 e. The lowest BCUT2D eigenvalue weighted by molar-refractivity contribution is -0.130. The Morgan fingerprint density at radius 3 is 2.42 bits per heavy atom. The molecule has 0 N–H and O–H groups in total. The summed E-state index contributed by atoms with van der Waals surface area (Å²) >= 11 is 0. The lowest BCUT2D eigenvalue weighted by Gasteiger charge is -2.22. The van der Waals surface area contributed by atoms with E-state index in [4.69, 9.17) is 4.74 Å². The van der Waals surface area contributed by atoms with Crippen LogP contribution < -0.4 is 4.74 Å². The molecule has 0 spiro atoms. The molecule has 1 aromatic carbocycles. The highest BCUT2D eigenvalue weighted by molar-refractivity contribution is 5.79. The van der Waals surface area contributed by atoms with Crippen LogP contribution in [0.1, 0.15) is 32.3 Å². The van der Waals surface area contributed by atoms with E-state index in [-0.39, 0.29) is 18.1 Å². The lowest BCUT2D eigenvalue weighted by atomic mass is 10.1. The third-order valence-electron chi connectivity index (χ3n) is 2.92. The third kappa shape index (κ3) is 4.54. The molecular weight excluding hydrogens is 245 g/mol. The van der Waals surface area contributed by atoms with Crippen LogP contribution in [0.25, 0.3) is 0 Å². The van der Waals surface area contributed by atoms with E-state index in [0.29, 0.717) is 11.3 Å². The summed E-state index contributed by atoms with van der Waals surface area (Å²) in [6.45, 7) is 5.56. The number of carbonyl (C=O) groups is 1. The fourth-order valence-corrected chi connectivity index (χ4v) is 2.06. The van der Waals surface area contributed by atoms with E-state index >= 15 is 0 Å². The number of amides is 1. The molecule has 1 aromatic rings. The number of nitrogens with zero attached hydrogens (tertiary/aromatic N) is 1. The Balaban J connectivity index is 2.82. The van der Waals surface area contributed by atoms with Gasteiger partial charge < -0.3 is 9.64 Å². The van der Waals surface area contributed by atoms with Crippen LogP contribution in [-0.2, 0) is 11.2 Å². The van der Waals surface area contributed by atoms with Crippen molar-refractivity contribution in [3.63, 3.8) is 0 Å². The standard InChI is InChI=1S/C15H22FNO2/c1-4-8-17(9-5-2)15(18)11-12-10-13(16)6-7-14(12)19-3/h6-7,10H,4-5,8-9,11H2,1-3H3. The van der Waals surface area contributed by atoms with Crippen LogP contribution in [0.15, 0.2) is 18.2 Å². The zero-order chi connectivity index (χ0) is 14.3. The Hall–Kier alpha value is -1.58. The lowest BCUT2D eigenvalue weighted by Crippen LogP contribution is -2.33. The summed E-state index contributed by atoms with van der Waals surface area (Å²) in [6, 6.07) is 4.26. The average molecular weight is 267 g/mol. The van der Waals surface area contributed by atoms with Crippen LogP contribution in [0, 0.1) is 5.82 Å². The first-order valence-electron chi connectivity index (χ1n) is 6.72. The maximum Gasteiger partial charge on any atom is 0.227 e. The first-order chi connectivity index (χ1) is 9.12. The Morgan fingerprint density at radius 1 is 1.26 bits per heavy atom. The van der Waals surface area contributed by atoms with Crippen LogP contribution in [0.4, 0.5) is 4.39 Å². The molecule has 0 saturated heterocycles. The second-order valence-corrected chi connectivity index (χ2v) is 4.51. The van der Waals surface area contributed by atoms with E-state index in [1.54, 1.807) is 6.07 Å². The van der Waals surface area contributed by atoms with Crippen molar-refractivity contribution >= 4 is 5.91 Å². The van der Waals surface area contributed by atoms with Crippen LogP contribution in [-0.4, -0.2) is 31.0 Å². The number of rotatable bonds is 7. The predicted molar refractivity (Wildman–Crippen MR) is 73.8 cm³/mol. The van der Waals surface area contributed by atoms with Gasteiger partial charge in [-0.05, 0) is 31.0 Å². The second kappa shape index (κ2) is 7.77. The van der Waals surface area contributed by atoms with Gasteiger partial charge in [0.15, 0.2) is 0 Å². The molecule has 0 unspecified atom stereocenters. The van der Waals surface area contributed by atoms with E-state index in [0.717, 1.165) is 25.9 Å². The molecule has 4 heteroatoms. The van der Waals surface area contributed by atoms with E-state index in [1.165, 1.54) is 19.2 Å². The summed E-state index contributed by atoms with van der Waals surface area (Å²) in [5.74, 6) is 0.233. The van der Waals surface area contributed by atoms with Crippen molar-refractivity contribution < 1.29 is 13.9 Å². The van der Waals surface area contributed by atoms with Gasteiger partial charge in [-0.15, -0.1) is 0 Å². The largest absolute Gasteiger partial charge is 0.496 e. The van der Waals surface area contributed by atoms with Gasteiger partial charge in [0.1, 0.15) is 11.6 Å². The molecular formula is C15H22FNO2. The van der Waals surface area contributed by atoms with E-state index in [9.17, 15) is 9.18 Å². The number of ether oxygens (including phenoxy) is 1. The zero-order valence-electron chi connectivity index (χ0n) is 11.9. The van der Waals surface area contributed by atoms with Crippen LogP contribution in [0.5, 0.6) is 5.75 Å². The van der Waals surface area contributed by atoms with E-state index in [2.05, 4.69) is 0 Å². The zero-order valence-corrected chi connectivity index (χ0v) is 11.9. The molecule has 0 aliphatic carbocycles. The molecule has 106 valence electrons. The molecule has 0 aliphatic rings. The second-order valence-electron chi connectivity index (χ2n) is 4.51. The van der Waals surface area contributed by atoms with Gasteiger partial charge in [0.25, 0.3) is 0 Å². The van der Waals surface area contributed by atoms with Gasteiger partial charge in [-0.1, -0.05) is 13.8 Å². The molecule has 1 rings (SSSR count). The van der Waals surface area contributed by atoms with Gasteiger partial charge in [-0.3, -0.25) is 4.79 Å². The summed E-state index contributed by atoms with van der Waals surface area (Å²) in [5.41, 5.74) is 0.602. The fraction of sp³-hybridized carbons (Fsp3) is 0.533. The molecule has 0 radical (unpaired) electrons. The summed E-state index contributed by atoms with van der Waals surface area (Å²) in [6.07, 6.45) is 2.03. The topological polar surface area (TPSA) is 29.5 Å². The summed E-state index contributed by atoms with van der Waals surface area (Å²) in [5, 5.41) is 0. The highest BCUT2D eigenvalue weighted by atomic mass is 19.1. The Kier molecular flexibility index (Phi) is 6.33. The number of methoxy groups -OCH3 is 1. The Bertz CT molecular complexity index is 415. The Labute approximate surface area is 114 Å². The minimum absolute atomic E-state index is 0.0209. The molecule has 0 bridgehead atoms. The fourth-order valence-electron chi connectivity index (χ4n) is 2.06.